The van der Waals surface area contributed by atoms with Crippen molar-refractivity contribution in [2.24, 2.45) is 5.73 Å². The number of hydrogen-bond donors (Lipinski definition) is 2. The minimum Gasteiger partial charge on any atom is -0.490 e. The fourth-order valence-electron chi connectivity index (χ4n) is 1.13. The molecule has 0 aromatic heterocycles. The van der Waals surface area contributed by atoms with Crippen LogP contribution in [0.4, 0.5) is 0 Å². The Morgan fingerprint density at radius 3 is 2.67 bits per heavy atom. The van der Waals surface area contributed by atoms with E-state index >= 15 is 0 Å². The summed E-state index contributed by atoms with van der Waals surface area (Å²) in [6.07, 6.45) is 0. The predicted molar refractivity (Wildman–Crippen MR) is 61.1 cm³/mol. The summed E-state index contributed by atoms with van der Waals surface area (Å²) in [5.41, 5.74) is 5.46. The van der Waals surface area contributed by atoms with Gasteiger partial charge in [0.05, 0.1) is 5.60 Å². The Balaban J connectivity index is 2.81. The molecule has 3 N–H and O–H groups in total. The lowest BCUT2D eigenvalue weighted by Crippen LogP contribution is -2.28. The van der Waals surface area contributed by atoms with E-state index in [1.807, 2.05) is 0 Å². The molecule has 0 atom stereocenters. The summed E-state index contributed by atoms with van der Waals surface area (Å²) < 4.78 is 5.46. The average Bonchev–Trinajstić information content (AvgIpc) is 2.13. The molecule has 3 nitrogen and oxygen atoms in total. The van der Waals surface area contributed by atoms with Gasteiger partial charge in [0, 0.05) is 17.1 Å². The summed E-state index contributed by atoms with van der Waals surface area (Å²) in [5.74, 6) is 0.632. The maximum Gasteiger partial charge on any atom is 0.125 e. The highest BCUT2D eigenvalue weighted by Gasteiger charge is 2.15. The summed E-state index contributed by atoms with van der Waals surface area (Å²) in [4.78, 5) is 0. The normalized spacial score (nSPS) is 11.5. The van der Waals surface area contributed by atoms with E-state index in [2.05, 4.69) is 0 Å². The molecular formula is C11H16ClNO2. The fourth-order valence-corrected chi connectivity index (χ4v) is 1.37. The second-order valence-electron chi connectivity index (χ2n) is 4.02. The number of ether oxygens (including phenoxy) is 1. The van der Waals surface area contributed by atoms with Crippen molar-refractivity contribution >= 4 is 11.6 Å². The molecule has 15 heavy (non-hydrogen) atoms. The van der Waals surface area contributed by atoms with E-state index in [0.717, 1.165) is 5.56 Å². The van der Waals surface area contributed by atoms with Gasteiger partial charge >= 0.3 is 0 Å². The van der Waals surface area contributed by atoms with Crippen LogP contribution in [-0.2, 0) is 6.54 Å². The summed E-state index contributed by atoms with van der Waals surface area (Å²) in [6.45, 7) is 3.89. The van der Waals surface area contributed by atoms with Gasteiger partial charge in [0.1, 0.15) is 12.4 Å². The van der Waals surface area contributed by atoms with E-state index in [-0.39, 0.29) is 6.61 Å². The molecule has 0 radical (unpaired) electrons. The van der Waals surface area contributed by atoms with Crippen molar-refractivity contribution in [1.29, 1.82) is 0 Å². The zero-order valence-corrected chi connectivity index (χ0v) is 9.71. The van der Waals surface area contributed by atoms with Crippen molar-refractivity contribution in [3.63, 3.8) is 0 Å². The Morgan fingerprint density at radius 1 is 1.47 bits per heavy atom. The molecule has 0 saturated heterocycles. The lowest BCUT2D eigenvalue weighted by molar-refractivity contribution is 0.0282. The lowest BCUT2D eigenvalue weighted by Gasteiger charge is -2.19. The molecule has 0 amide bonds. The average molecular weight is 230 g/mol. The van der Waals surface area contributed by atoms with Crippen LogP contribution in [0.2, 0.25) is 5.02 Å². The van der Waals surface area contributed by atoms with E-state index in [4.69, 9.17) is 22.1 Å². The predicted octanol–water partition coefficient (Wildman–Crippen LogP) is 1.95. The zero-order chi connectivity index (χ0) is 11.5. The first-order valence-corrected chi connectivity index (χ1v) is 5.14. The van der Waals surface area contributed by atoms with Gasteiger partial charge in [-0.05, 0) is 26.0 Å². The third kappa shape index (κ3) is 3.70. The number of aliphatic hydroxyl groups is 1. The van der Waals surface area contributed by atoms with Crippen molar-refractivity contribution in [1.82, 2.24) is 0 Å². The van der Waals surface area contributed by atoms with Crippen LogP contribution in [0.25, 0.3) is 0 Å². The second kappa shape index (κ2) is 4.84. The Labute approximate surface area is 94.8 Å². The molecule has 0 saturated carbocycles. The smallest absolute Gasteiger partial charge is 0.125 e. The number of benzene rings is 1. The standard InChI is InChI=1S/C11H16ClNO2/c1-11(2,14)7-15-10-5-3-4-9(12)8(10)6-13/h3-5,14H,6-7,13H2,1-2H3. The van der Waals surface area contributed by atoms with E-state index in [9.17, 15) is 5.11 Å². The highest BCUT2D eigenvalue weighted by Crippen LogP contribution is 2.26. The van der Waals surface area contributed by atoms with E-state index in [1.54, 1.807) is 32.0 Å². The van der Waals surface area contributed by atoms with Gasteiger partial charge < -0.3 is 15.6 Å². The van der Waals surface area contributed by atoms with E-state index < -0.39 is 5.60 Å². The van der Waals surface area contributed by atoms with Gasteiger partial charge in [0.2, 0.25) is 0 Å². The van der Waals surface area contributed by atoms with Gasteiger partial charge in [-0.15, -0.1) is 0 Å². The minimum atomic E-state index is -0.867. The third-order valence-electron chi connectivity index (χ3n) is 1.86. The number of halogens is 1. The Kier molecular flexibility index (Phi) is 3.97. The van der Waals surface area contributed by atoms with Crippen LogP contribution in [0.1, 0.15) is 19.4 Å². The largest absolute Gasteiger partial charge is 0.490 e. The van der Waals surface area contributed by atoms with Crippen molar-refractivity contribution in [2.75, 3.05) is 6.61 Å². The number of nitrogens with two attached hydrogens (primary N) is 1. The van der Waals surface area contributed by atoms with Gasteiger partial charge in [0.25, 0.3) is 0 Å². The molecule has 1 aromatic carbocycles. The van der Waals surface area contributed by atoms with E-state index in [1.165, 1.54) is 0 Å². The van der Waals surface area contributed by atoms with Gasteiger partial charge in [-0.25, -0.2) is 0 Å². The molecule has 0 bridgehead atoms. The third-order valence-corrected chi connectivity index (χ3v) is 2.22. The van der Waals surface area contributed by atoms with Crippen LogP contribution in [0.3, 0.4) is 0 Å². The molecule has 4 heteroatoms. The van der Waals surface area contributed by atoms with Gasteiger partial charge in [-0.3, -0.25) is 0 Å². The SMILES string of the molecule is CC(C)(O)COc1cccc(Cl)c1CN. The fraction of sp³-hybridized carbons (Fsp3) is 0.455. The highest BCUT2D eigenvalue weighted by molar-refractivity contribution is 6.31. The van der Waals surface area contributed by atoms with Crippen molar-refractivity contribution in [3.05, 3.63) is 28.8 Å². The van der Waals surface area contributed by atoms with Crippen LogP contribution in [0, 0.1) is 0 Å². The molecule has 0 aliphatic carbocycles. The van der Waals surface area contributed by atoms with Gasteiger partial charge in [-0.1, -0.05) is 17.7 Å². The maximum atomic E-state index is 9.52. The molecule has 1 rings (SSSR count). The first-order valence-electron chi connectivity index (χ1n) is 4.76. The molecule has 0 unspecified atom stereocenters. The molecular weight excluding hydrogens is 214 g/mol. The maximum absolute atomic E-state index is 9.52. The Hall–Kier alpha value is -0.770. The number of rotatable bonds is 4. The van der Waals surface area contributed by atoms with E-state index in [0.29, 0.717) is 17.3 Å². The van der Waals surface area contributed by atoms with Crippen LogP contribution in [0.15, 0.2) is 18.2 Å². The first kappa shape index (κ1) is 12.3. The summed E-state index contributed by atoms with van der Waals surface area (Å²) in [7, 11) is 0. The molecule has 84 valence electrons. The van der Waals surface area contributed by atoms with Crippen molar-refractivity contribution in [3.8, 4) is 5.75 Å². The summed E-state index contributed by atoms with van der Waals surface area (Å²) in [6, 6.07) is 5.35. The Bertz CT molecular complexity index is 334. The summed E-state index contributed by atoms with van der Waals surface area (Å²) in [5, 5.41) is 10.1. The highest BCUT2D eigenvalue weighted by atomic mass is 35.5. The van der Waals surface area contributed by atoms with Crippen molar-refractivity contribution < 1.29 is 9.84 Å². The molecule has 0 fully saturated rings. The van der Waals surface area contributed by atoms with Gasteiger partial charge in [-0.2, -0.15) is 0 Å². The van der Waals surface area contributed by atoms with Crippen LogP contribution < -0.4 is 10.5 Å². The quantitative estimate of drug-likeness (QED) is 0.830. The Morgan fingerprint density at radius 2 is 2.13 bits per heavy atom. The van der Waals surface area contributed by atoms with Crippen LogP contribution in [0.5, 0.6) is 5.75 Å². The molecule has 0 aliphatic rings. The molecule has 0 heterocycles. The monoisotopic (exact) mass is 229 g/mol. The first-order chi connectivity index (χ1) is 6.94. The number of hydrogen-bond acceptors (Lipinski definition) is 3. The van der Waals surface area contributed by atoms with Gasteiger partial charge in [0.15, 0.2) is 0 Å². The molecule has 0 spiro atoms. The minimum absolute atomic E-state index is 0.209. The molecule has 0 aliphatic heterocycles. The summed E-state index contributed by atoms with van der Waals surface area (Å²) >= 11 is 5.96. The van der Waals surface area contributed by atoms with Crippen LogP contribution in [-0.4, -0.2) is 17.3 Å². The second-order valence-corrected chi connectivity index (χ2v) is 4.43. The van der Waals surface area contributed by atoms with Crippen molar-refractivity contribution in [2.45, 2.75) is 26.0 Å². The van der Waals surface area contributed by atoms with Crippen LogP contribution >= 0.6 is 11.6 Å². The lowest BCUT2D eigenvalue weighted by atomic mass is 10.1. The zero-order valence-electron chi connectivity index (χ0n) is 8.96. The topological polar surface area (TPSA) is 55.5 Å². The molecule has 1 aromatic rings.